The molecule has 2 atom stereocenters. The number of nitrogens with zero attached hydrogens (tertiary/aromatic N) is 1. The van der Waals surface area contributed by atoms with E-state index in [0.29, 0.717) is 12.0 Å². The number of piperidine rings is 1. The van der Waals surface area contributed by atoms with Crippen molar-refractivity contribution < 1.29 is 0 Å². The van der Waals surface area contributed by atoms with Gasteiger partial charge in [-0.05, 0) is 56.6 Å². The maximum absolute atomic E-state index is 5.91. The van der Waals surface area contributed by atoms with Crippen LogP contribution >= 0.6 is 11.6 Å². The van der Waals surface area contributed by atoms with Crippen LogP contribution in [-0.4, -0.2) is 25.0 Å². The predicted octanol–water partition coefficient (Wildman–Crippen LogP) is 2.68. The molecule has 1 fully saturated rings. The first-order valence-corrected chi connectivity index (χ1v) is 6.24. The number of benzene rings is 1. The maximum Gasteiger partial charge on any atom is 0.0406 e. The summed E-state index contributed by atoms with van der Waals surface area (Å²) in [6.07, 6.45) is 2.38. The lowest BCUT2D eigenvalue weighted by Gasteiger charge is -2.37. The van der Waals surface area contributed by atoms with Gasteiger partial charge in [-0.3, -0.25) is 4.90 Å². The molecule has 1 aromatic carbocycles. The van der Waals surface area contributed by atoms with E-state index in [0.717, 1.165) is 24.5 Å². The molecule has 2 nitrogen and oxygen atoms in total. The fraction of sp³-hybridized carbons (Fsp3) is 0.538. The van der Waals surface area contributed by atoms with Crippen LogP contribution in [0.15, 0.2) is 24.3 Å². The van der Waals surface area contributed by atoms with Gasteiger partial charge in [0.15, 0.2) is 0 Å². The zero-order valence-corrected chi connectivity index (χ0v) is 10.5. The molecule has 2 N–H and O–H groups in total. The van der Waals surface area contributed by atoms with Crippen molar-refractivity contribution in [3.8, 4) is 0 Å². The molecule has 1 aliphatic heterocycles. The minimum atomic E-state index is 0.500. The summed E-state index contributed by atoms with van der Waals surface area (Å²) in [6, 6.07) is 8.69. The molecule has 3 heteroatoms. The molecular weight excluding hydrogens is 220 g/mol. The van der Waals surface area contributed by atoms with Crippen LogP contribution in [0.5, 0.6) is 0 Å². The minimum Gasteiger partial charge on any atom is -0.330 e. The van der Waals surface area contributed by atoms with Crippen LogP contribution in [-0.2, 0) is 0 Å². The van der Waals surface area contributed by atoms with Crippen molar-refractivity contribution in [2.75, 3.05) is 20.1 Å². The van der Waals surface area contributed by atoms with Gasteiger partial charge >= 0.3 is 0 Å². The van der Waals surface area contributed by atoms with Gasteiger partial charge in [0.2, 0.25) is 0 Å². The molecule has 16 heavy (non-hydrogen) atoms. The van der Waals surface area contributed by atoms with Crippen molar-refractivity contribution >= 4 is 11.6 Å². The zero-order chi connectivity index (χ0) is 11.5. The Morgan fingerprint density at radius 2 is 2.06 bits per heavy atom. The van der Waals surface area contributed by atoms with Crippen LogP contribution in [0, 0.1) is 5.92 Å². The van der Waals surface area contributed by atoms with E-state index in [1.165, 1.54) is 12.0 Å². The van der Waals surface area contributed by atoms with E-state index in [1.54, 1.807) is 0 Å². The fourth-order valence-corrected chi connectivity index (χ4v) is 2.57. The van der Waals surface area contributed by atoms with Crippen LogP contribution in [0.2, 0.25) is 5.02 Å². The standard InChI is InChI=1S/C13H19ClN2/c1-16-7-6-10(9-15)8-13(16)11-2-4-12(14)5-3-11/h2-5,10,13H,6-9,15H2,1H3. The first kappa shape index (κ1) is 11.9. The van der Waals surface area contributed by atoms with E-state index in [2.05, 4.69) is 24.1 Å². The van der Waals surface area contributed by atoms with Gasteiger partial charge in [0, 0.05) is 11.1 Å². The second-order valence-corrected chi connectivity index (χ2v) is 5.11. The Labute approximate surface area is 102 Å². The lowest BCUT2D eigenvalue weighted by molar-refractivity contribution is 0.145. The highest BCUT2D eigenvalue weighted by Gasteiger charge is 2.26. The van der Waals surface area contributed by atoms with Crippen molar-refractivity contribution in [3.63, 3.8) is 0 Å². The largest absolute Gasteiger partial charge is 0.330 e. The first-order valence-electron chi connectivity index (χ1n) is 5.86. The Kier molecular flexibility index (Phi) is 3.85. The molecule has 1 aliphatic rings. The summed E-state index contributed by atoms with van der Waals surface area (Å²) in [5.41, 5.74) is 7.13. The Bertz CT molecular complexity index is 336. The van der Waals surface area contributed by atoms with Gasteiger partial charge in [-0.15, -0.1) is 0 Å². The Balaban J connectivity index is 2.14. The molecule has 1 saturated heterocycles. The minimum absolute atomic E-state index is 0.500. The molecule has 0 bridgehead atoms. The van der Waals surface area contributed by atoms with E-state index in [4.69, 9.17) is 17.3 Å². The Morgan fingerprint density at radius 1 is 1.38 bits per heavy atom. The van der Waals surface area contributed by atoms with Gasteiger partial charge in [0.25, 0.3) is 0 Å². The Hall–Kier alpha value is -0.570. The van der Waals surface area contributed by atoms with Crippen molar-refractivity contribution in [1.82, 2.24) is 4.90 Å². The molecule has 2 rings (SSSR count). The third kappa shape index (κ3) is 2.57. The lowest BCUT2D eigenvalue weighted by Crippen LogP contribution is -2.36. The molecular formula is C13H19ClN2. The molecule has 1 heterocycles. The van der Waals surface area contributed by atoms with E-state index in [9.17, 15) is 0 Å². The number of hydrogen-bond acceptors (Lipinski definition) is 2. The highest BCUT2D eigenvalue weighted by atomic mass is 35.5. The average Bonchev–Trinajstić information content (AvgIpc) is 2.31. The van der Waals surface area contributed by atoms with E-state index in [1.807, 2.05) is 12.1 Å². The molecule has 0 saturated carbocycles. The number of nitrogens with two attached hydrogens (primary N) is 1. The molecule has 0 aliphatic carbocycles. The molecule has 1 aromatic rings. The van der Waals surface area contributed by atoms with Gasteiger partial charge in [-0.1, -0.05) is 23.7 Å². The van der Waals surface area contributed by atoms with Crippen molar-refractivity contribution in [2.45, 2.75) is 18.9 Å². The highest BCUT2D eigenvalue weighted by molar-refractivity contribution is 6.30. The topological polar surface area (TPSA) is 29.3 Å². The summed E-state index contributed by atoms with van der Waals surface area (Å²) >= 11 is 5.91. The summed E-state index contributed by atoms with van der Waals surface area (Å²) in [7, 11) is 2.19. The molecule has 0 aromatic heterocycles. The zero-order valence-electron chi connectivity index (χ0n) is 9.70. The average molecular weight is 239 g/mol. The van der Waals surface area contributed by atoms with Crippen molar-refractivity contribution in [3.05, 3.63) is 34.9 Å². The maximum atomic E-state index is 5.91. The smallest absolute Gasteiger partial charge is 0.0406 e. The van der Waals surface area contributed by atoms with Crippen LogP contribution < -0.4 is 5.73 Å². The van der Waals surface area contributed by atoms with E-state index < -0.39 is 0 Å². The number of likely N-dealkylation sites (tertiary alicyclic amines) is 1. The fourth-order valence-electron chi connectivity index (χ4n) is 2.45. The molecule has 0 amide bonds. The summed E-state index contributed by atoms with van der Waals surface area (Å²) in [5.74, 6) is 0.664. The van der Waals surface area contributed by atoms with Crippen molar-refractivity contribution in [2.24, 2.45) is 11.7 Å². The van der Waals surface area contributed by atoms with E-state index in [-0.39, 0.29) is 0 Å². The van der Waals surface area contributed by atoms with Gasteiger partial charge in [0.1, 0.15) is 0 Å². The van der Waals surface area contributed by atoms with Crippen molar-refractivity contribution in [1.29, 1.82) is 0 Å². The molecule has 0 spiro atoms. The SMILES string of the molecule is CN1CCC(CN)CC1c1ccc(Cl)cc1. The number of hydrogen-bond donors (Lipinski definition) is 1. The quantitative estimate of drug-likeness (QED) is 0.859. The lowest BCUT2D eigenvalue weighted by atomic mass is 9.87. The Morgan fingerprint density at radius 3 is 2.69 bits per heavy atom. The molecule has 0 radical (unpaired) electrons. The van der Waals surface area contributed by atoms with Crippen LogP contribution in [0.1, 0.15) is 24.4 Å². The molecule has 88 valence electrons. The highest BCUT2D eigenvalue weighted by Crippen LogP contribution is 2.32. The normalized spacial score (nSPS) is 26.9. The summed E-state index contributed by atoms with van der Waals surface area (Å²) in [6.45, 7) is 1.94. The second kappa shape index (κ2) is 5.17. The van der Waals surface area contributed by atoms with E-state index >= 15 is 0 Å². The van der Waals surface area contributed by atoms with Gasteiger partial charge in [0.05, 0.1) is 0 Å². The number of halogens is 1. The monoisotopic (exact) mass is 238 g/mol. The van der Waals surface area contributed by atoms with Gasteiger partial charge in [-0.2, -0.15) is 0 Å². The summed E-state index contributed by atoms with van der Waals surface area (Å²) in [4.78, 5) is 2.41. The summed E-state index contributed by atoms with van der Waals surface area (Å²) in [5, 5.41) is 0.803. The van der Waals surface area contributed by atoms with Gasteiger partial charge < -0.3 is 5.73 Å². The third-order valence-corrected chi connectivity index (χ3v) is 3.82. The van der Waals surface area contributed by atoms with Crippen LogP contribution in [0.4, 0.5) is 0 Å². The first-order chi connectivity index (χ1) is 7.70. The summed E-state index contributed by atoms with van der Waals surface area (Å²) < 4.78 is 0. The molecule has 2 unspecified atom stereocenters. The predicted molar refractivity (Wildman–Crippen MR) is 68.6 cm³/mol. The third-order valence-electron chi connectivity index (χ3n) is 3.57. The van der Waals surface area contributed by atoms with Crippen LogP contribution in [0.25, 0.3) is 0 Å². The second-order valence-electron chi connectivity index (χ2n) is 4.67. The van der Waals surface area contributed by atoms with Crippen LogP contribution in [0.3, 0.4) is 0 Å². The number of rotatable bonds is 2. The van der Waals surface area contributed by atoms with Gasteiger partial charge in [-0.25, -0.2) is 0 Å².